The highest BCUT2D eigenvalue weighted by atomic mass is 35.5. The Balaban J connectivity index is 1.33. The fraction of sp³-hybridized carbons (Fsp3) is 0.267. The molecule has 40 heavy (non-hydrogen) atoms. The van der Waals surface area contributed by atoms with Gasteiger partial charge in [0, 0.05) is 49.1 Å². The minimum Gasteiger partial charge on any atom is -0.481 e. The first-order valence-electron chi connectivity index (χ1n) is 13.1. The number of hydrogen-bond donors (Lipinski definition) is 0. The molecule has 1 amide bonds. The molecule has 206 valence electrons. The average molecular weight is 560 g/mol. The molecule has 0 unspecified atom stereocenters. The number of benzene rings is 2. The number of carbonyl (C=O) groups excluding carboxylic acids is 2. The van der Waals surface area contributed by atoms with E-state index in [9.17, 15) is 9.59 Å². The molecule has 4 aromatic rings. The van der Waals surface area contributed by atoms with Crippen LogP contribution in [-0.4, -0.2) is 71.4 Å². The molecule has 0 atom stereocenters. The molecule has 0 spiro atoms. The number of piperazine rings is 1. The number of hydrogen-bond acceptors (Lipinski definition) is 7. The van der Waals surface area contributed by atoms with Crippen LogP contribution in [0.15, 0.2) is 66.7 Å². The SMILES string of the molecule is CCOC(=O)c1cc(-c2ccc(N3CCN(C(=O)c4cc(Cl)nc(OC)c4)CC3)cc2)n(-c2ccccc2C)n1. The van der Waals surface area contributed by atoms with Crippen molar-refractivity contribution in [1.29, 1.82) is 0 Å². The normalized spacial score (nSPS) is 13.3. The van der Waals surface area contributed by atoms with Crippen molar-refractivity contribution in [3.63, 3.8) is 0 Å². The Morgan fingerprint density at radius 2 is 1.70 bits per heavy atom. The third-order valence-corrected chi connectivity index (χ3v) is 7.05. The van der Waals surface area contributed by atoms with Gasteiger partial charge in [-0.25, -0.2) is 14.5 Å². The van der Waals surface area contributed by atoms with Gasteiger partial charge in [0.15, 0.2) is 5.69 Å². The number of carbonyl (C=O) groups is 2. The maximum absolute atomic E-state index is 13.1. The van der Waals surface area contributed by atoms with E-state index in [0.717, 1.165) is 28.2 Å². The first-order chi connectivity index (χ1) is 19.4. The van der Waals surface area contributed by atoms with Crippen molar-refractivity contribution in [3.8, 4) is 22.8 Å². The Morgan fingerprint density at radius 3 is 2.38 bits per heavy atom. The predicted octanol–water partition coefficient (Wildman–Crippen LogP) is 5.04. The van der Waals surface area contributed by atoms with Crippen molar-refractivity contribution in [2.24, 2.45) is 0 Å². The van der Waals surface area contributed by atoms with Gasteiger partial charge in [0.2, 0.25) is 5.88 Å². The summed E-state index contributed by atoms with van der Waals surface area (Å²) in [5.41, 5.74) is 5.43. The Labute approximate surface area is 237 Å². The van der Waals surface area contributed by atoms with Crippen LogP contribution >= 0.6 is 11.6 Å². The molecule has 1 fully saturated rings. The molecule has 0 saturated carbocycles. The van der Waals surface area contributed by atoms with E-state index in [-0.39, 0.29) is 23.4 Å². The molecule has 2 aromatic heterocycles. The lowest BCUT2D eigenvalue weighted by Crippen LogP contribution is -2.48. The zero-order valence-corrected chi connectivity index (χ0v) is 23.4. The molecule has 0 bridgehead atoms. The number of para-hydroxylation sites is 1. The summed E-state index contributed by atoms with van der Waals surface area (Å²) in [7, 11) is 1.49. The smallest absolute Gasteiger partial charge is 0.358 e. The van der Waals surface area contributed by atoms with Crippen molar-refractivity contribution >= 4 is 29.2 Å². The number of amides is 1. The molecule has 1 aliphatic heterocycles. The summed E-state index contributed by atoms with van der Waals surface area (Å²) >= 11 is 6.06. The van der Waals surface area contributed by atoms with Gasteiger partial charge in [-0.2, -0.15) is 5.10 Å². The van der Waals surface area contributed by atoms with Gasteiger partial charge in [-0.15, -0.1) is 0 Å². The van der Waals surface area contributed by atoms with Gasteiger partial charge in [0.05, 0.1) is 25.1 Å². The predicted molar refractivity (Wildman–Crippen MR) is 154 cm³/mol. The van der Waals surface area contributed by atoms with Crippen molar-refractivity contribution in [2.45, 2.75) is 13.8 Å². The molecule has 0 radical (unpaired) electrons. The molecule has 1 saturated heterocycles. The van der Waals surface area contributed by atoms with Crippen molar-refractivity contribution in [3.05, 3.63) is 88.7 Å². The molecule has 2 aromatic carbocycles. The van der Waals surface area contributed by atoms with Gasteiger partial charge in [0.1, 0.15) is 5.15 Å². The highest BCUT2D eigenvalue weighted by Crippen LogP contribution is 2.29. The van der Waals surface area contributed by atoms with Crippen LogP contribution in [0, 0.1) is 6.92 Å². The van der Waals surface area contributed by atoms with Crippen molar-refractivity contribution in [1.82, 2.24) is 19.7 Å². The summed E-state index contributed by atoms with van der Waals surface area (Å²) < 4.78 is 12.1. The summed E-state index contributed by atoms with van der Waals surface area (Å²) in [5.74, 6) is -0.236. The molecule has 1 aliphatic rings. The standard InChI is InChI=1S/C30H30ClN5O4/c1-4-40-30(38)24-19-26(36(33-24)25-8-6-5-7-20(25)2)21-9-11-23(12-10-21)34-13-15-35(16-14-34)29(37)22-17-27(31)32-28(18-22)39-3/h5-12,17-19H,4,13-16H2,1-3H3. The minimum atomic E-state index is -0.451. The highest BCUT2D eigenvalue weighted by molar-refractivity contribution is 6.29. The third kappa shape index (κ3) is 5.65. The maximum atomic E-state index is 13.1. The van der Waals surface area contributed by atoms with E-state index in [1.54, 1.807) is 29.8 Å². The summed E-state index contributed by atoms with van der Waals surface area (Å²) in [6.45, 7) is 6.60. The lowest BCUT2D eigenvalue weighted by molar-refractivity contribution is 0.0518. The number of ether oxygens (including phenoxy) is 2. The van der Waals surface area contributed by atoms with Crippen LogP contribution in [0.25, 0.3) is 16.9 Å². The van der Waals surface area contributed by atoms with E-state index in [1.807, 2.05) is 48.2 Å². The van der Waals surface area contributed by atoms with Gasteiger partial charge in [-0.3, -0.25) is 4.79 Å². The van der Waals surface area contributed by atoms with E-state index in [1.165, 1.54) is 7.11 Å². The van der Waals surface area contributed by atoms with Gasteiger partial charge < -0.3 is 19.3 Å². The summed E-state index contributed by atoms with van der Waals surface area (Å²) in [6, 6.07) is 21.0. The molecule has 3 heterocycles. The molecule has 0 aliphatic carbocycles. The Bertz CT molecular complexity index is 1530. The fourth-order valence-electron chi connectivity index (χ4n) is 4.77. The number of pyridine rings is 1. The molecule has 5 rings (SSSR count). The maximum Gasteiger partial charge on any atom is 0.358 e. The number of aromatic nitrogens is 3. The zero-order valence-electron chi connectivity index (χ0n) is 22.6. The van der Waals surface area contributed by atoms with Gasteiger partial charge in [0.25, 0.3) is 5.91 Å². The quantitative estimate of drug-likeness (QED) is 0.231. The first kappa shape index (κ1) is 27.2. The zero-order chi connectivity index (χ0) is 28.2. The number of halogens is 1. The number of anilines is 1. The summed E-state index contributed by atoms with van der Waals surface area (Å²) in [6.07, 6.45) is 0. The van der Waals surface area contributed by atoms with Crippen LogP contribution in [0.4, 0.5) is 5.69 Å². The molecule has 10 heteroatoms. The number of rotatable bonds is 7. The van der Waals surface area contributed by atoms with Crippen LogP contribution in [0.1, 0.15) is 33.3 Å². The summed E-state index contributed by atoms with van der Waals surface area (Å²) in [4.78, 5) is 33.6. The van der Waals surface area contributed by atoms with E-state index < -0.39 is 5.97 Å². The highest BCUT2D eigenvalue weighted by Gasteiger charge is 2.24. The van der Waals surface area contributed by atoms with E-state index in [2.05, 4.69) is 27.1 Å². The van der Waals surface area contributed by atoms with E-state index in [0.29, 0.717) is 37.6 Å². The van der Waals surface area contributed by atoms with Crippen LogP contribution in [0.5, 0.6) is 5.88 Å². The second kappa shape index (κ2) is 11.8. The largest absolute Gasteiger partial charge is 0.481 e. The molecule has 0 N–H and O–H groups in total. The monoisotopic (exact) mass is 559 g/mol. The molecular weight excluding hydrogens is 530 g/mol. The Kier molecular flexibility index (Phi) is 8.02. The van der Waals surface area contributed by atoms with Crippen LogP contribution in [-0.2, 0) is 4.74 Å². The van der Waals surface area contributed by atoms with E-state index in [4.69, 9.17) is 21.1 Å². The third-order valence-electron chi connectivity index (χ3n) is 6.86. The number of nitrogens with zero attached hydrogens (tertiary/aromatic N) is 5. The Morgan fingerprint density at radius 1 is 0.975 bits per heavy atom. The second-order valence-electron chi connectivity index (χ2n) is 9.38. The van der Waals surface area contributed by atoms with Crippen LogP contribution in [0.3, 0.4) is 0 Å². The summed E-state index contributed by atoms with van der Waals surface area (Å²) in [5, 5.41) is 4.81. The fourth-order valence-corrected chi connectivity index (χ4v) is 4.97. The molecule has 9 nitrogen and oxygen atoms in total. The van der Waals surface area contributed by atoms with Gasteiger partial charge in [-0.1, -0.05) is 41.9 Å². The van der Waals surface area contributed by atoms with Crippen molar-refractivity contribution < 1.29 is 19.1 Å². The minimum absolute atomic E-state index is 0.0977. The molecular formula is C30H30ClN5O4. The number of esters is 1. The number of methoxy groups -OCH3 is 1. The van der Waals surface area contributed by atoms with Crippen molar-refractivity contribution in [2.75, 3.05) is 44.8 Å². The number of aryl methyl sites for hydroxylation is 1. The topological polar surface area (TPSA) is 89.8 Å². The van der Waals surface area contributed by atoms with Gasteiger partial charge >= 0.3 is 5.97 Å². The lowest BCUT2D eigenvalue weighted by atomic mass is 10.1. The first-order valence-corrected chi connectivity index (χ1v) is 13.4. The Hall–Kier alpha value is -4.37. The van der Waals surface area contributed by atoms with E-state index >= 15 is 0 Å². The average Bonchev–Trinajstić information content (AvgIpc) is 3.42. The van der Waals surface area contributed by atoms with Crippen LogP contribution in [0.2, 0.25) is 5.15 Å². The second-order valence-corrected chi connectivity index (χ2v) is 9.77. The van der Waals surface area contributed by atoms with Crippen LogP contribution < -0.4 is 9.64 Å². The van der Waals surface area contributed by atoms with Gasteiger partial charge in [-0.05, 0) is 49.7 Å². The lowest BCUT2D eigenvalue weighted by Gasteiger charge is -2.36.